The minimum Gasteiger partial charge on any atom is -0.388 e. The lowest BCUT2D eigenvalue weighted by Crippen LogP contribution is -2.47. The highest BCUT2D eigenvalue weighted by atomic mass is 16.3. The zero-order valence-electron chi connectivity index (χ0n) is 13.3. The van der Waals surface area contributed by atoms with Gasteiger partial charge in [0.05, 0.1) is 11.1 Å². The van der Waals surface area contributed by atoms with Gasteiger partial charge >= 0.3 is 6.03 Å². The van der Waals surface area contributed by atoms with Crippen LogP contribution in [0.5, 0.6) is 0 Å². The summed E-state index contributed by atoms with van der Waals surface area (Å²) in [4.78, 5) is 16.2. The third-order valence-corrected chi connectivity index (χ3v) is 4.01. The Morgan fingerprint density at radius 3 is 2.73 bits per heavy atom. The fourth-order valence-electron chi connectivity index (χ4n) is 2.01. The average molecular weight is 301 g/mol. The molecule has 22 heavy (non-hydrogen) atoms. The van der Waals surface area contributed by atoms with Gasteiger partial charge in [-0.15, -0.1) is 0 Å². The summed E-state index contributed by atoms with van der Waals surface area (Å²) < 4.78 is 0. The number of nitrogens with zero attached hydrogens (tertiary/aromatic N) is 1. The predicted molar refractivity (Wildman–Crippen MR) is 87.4 cm³/mol. The van der Waals surface area contributed by atoms with Crippen molar-refractivity contribution in [2.75, 3.05) is 6.54 Å². The largest absolute Gasteiger partial charge is 0.388 e. The Hall–Kier alpha value is -2.14. The molecule has 0 bridgehead atoms. The van der Waals surface area contributed by atoms with E-state index in [1.54, 1.807) is 13.1 Å². The highest BCUT2D eigenvalue weighted by molar-refractivity contribution is 5.82. The van der Waals surface area contributed by atoms with Crippen molar-refractivity contribution in [3.05, 3.63) is 42.1 Å². The van der Waals surface area contributed by atoms with E-state index < -0.39 is 5.60 Å². The number of urea groups is 1. The first-order valence-electron chi connectivity index (χ1n) is 7.47. The molecule has 1 atom stereocenters. The van der Waals surface area contributed by atoms with Crippen LogP contribution >= 0.6 is 0 Å². The molecule has 3 N–H and O–H groups in total. The predicted octanol–water partition coefficient (Wildman–Crippen LogP) is 2.44. The van der Waals surface area contributed by atoms with E-state index in [1.165, 1.54) is 0 Å². The SMILES string of the molecule is CC(C)C(C)(O)CNC(=O)NCc1cccc2cccnc12. The number of benzene rings is 1. The van der Waals surface area contributed by atoms with Crippen LogP contribution in [0.1, 0.15) is 26.3 Å². The summed E-state index contributed by atoms with van der Waals surface area (Å²) in [6.45, 7) is 6.16. The summed E-state index contributed by atoms with van der Waals surface area (Å²) in [6.07, 6.45) is 1.74. The van der Waals surface area contributed by atoms with Crippen LogP contribution in [0.15, 0.2) is 36.5 Å². The number of nitrogens with one attached hydrogen (secondary N) is 2. The number of para-hydroxylation sites is 1. The van der Waals surface area contributed by atoms with Crippen molar-refractivity contribution in [2.45, 2.75) is 32.9 Å². The van der Waals surface area contributed by atoms with Gasteiger partial charge in [-0.1, -0.05) is 38.1 Å². The van der Waals surface area contributed by atoms with Crippen molar-refractivity contribution in [3.63, 3.8) is 0 Å². The maximum Gasteiger partial charge on any atom is 0.315 e. The number of amides is 2. The number of hydrogen-bond acceptors (Lipinski definition) is 3. The topological polar surface area (TPSA) is 74.2 Å². The highest BCUT2D eigenvalue weighted by Crippen LogP contribution is 2.16. The Bertz CT molecular complexity index is 648. The van der Waals surface area contributed by atoms with E-state index >= 15 is 0 Å². The minimum absolute atomic E-state index is 0.0649. The monoisotopic (exact) mass is 301 g/mol. The molecule has 1 unspecified atom stereocenters. The first kappa shape index (κ1) is 16.2. The van der Waals surface area contributed by atoms with Gasteiger partial charge in [0.25, 0.3) is 0 Å². The molecule has 1 aromatic heterocycles. The zero-order chi connectivity index (χ0) is 16.2. The smallest absolute Gasteiger partial charge is 0.315 e. The zero-order valence-corrected chi connectivity index (χ0v) is 13.3. The van der Waals surface area contributed by atoms with Gasteiger partial charge in [0.1, 0.15) is 0 Å². The second-order valence-electron chi connectivity index (χ2n) is 6.04. The summed E-state index contributed by atoms with van der Waals surface area (Å²) in [5.74, 6) is 0.0649. The summed E-state index contributed by atoms with van der Waals surface area (Å²) in [6, 6.07) is 9.47. The summed E-state index contributed by atoms with van der Waals surface area (Å²) in [5.41, 5.74) is 0.932. The first-order valence-corrected chi connectivity index (χ1v) is 7.47. The quantitative estimate of drug-likeness (QED) is 0.794. The maximum atomic E-state index is 11.9. The molecule has 2 rings (SSSR count). The van der Waals surface area contributed by atoms with E-state index in [0.29, 0.717) is 6.54 Å². The molecule has 0 aliphatic heterocycles. The molecular formula is C17H23N3O2. The fraction of sp³-hybridized carbons (Fsp3) is 0.412. The molecule has 0 spiro atoms. The van der Waals surface area contributed by atoms with E-state index in [9.17, 15) is 9.90 Å². The maximum absolute atomic E-state index is 11.9. The third kappa shape index (κ3) is 3.95. The molecule has 5 nitrogen and oxygen atoms in total. The summed E-state index contributed by atoms with van der Waals surface area (Å²) >= 11 is 0. The van der Waals surface area contributed by atoms with Crippen LogP contribution in [-0.4, -0.2) is 28.3 Å². The average Bonchev–Trinajstić information content (AvgIpc) is 2.50. The molecule has 118 valence electrons. The number of aromatic nitrogens is 1. The molecule has 0 aliphatic rings. The second-order valence-corrected chi connectivity index (χ2v) is 6.04. The van der Waals surface area contributed by atoms with Gasteiger partial charge < -0.3 is 15.7 Å². The summed E-state index contributed by atoms with van der Waals surface area (Å²) in [7, 11) is 0. The number of fused-ring (bicyclic) bond motifs is 1. The van der Waals surface area contributed by atoms with Crippen LogP contribution in [0.4, 0.5) is 4.79 Å². The summed E-state index contributed by atoms with van der Waals surface area (Å²) in [5, 5.41) is 16.7. The molecule has 2 aromatic rings. The number of aliphatic hydroxyl groups is 1. The Kier molecular flexibility index (Phi) is 4.98. The lowest BCUT2D eigenvalue weighted by Gasteiger charge is -2.27. The van der Waals surface area contributed by atoms with Crippen LogP contribution in [0.2, 0.25) is 0 Å². The molecule has 0 saturated carbocycles. The van der Waals surface area contributed by atoms with E-state index in [0.717, 1.165) is 16.5 Å². The number of hydrogen-bond donors (Lipinski definition) is 3. The molecule has 0 aliphatic carbocycles. The van der Waals surface area contributed by atoms with Gasteiger partial charge in [-0.2, -0.15) is 0 Å². The van der Waals surface area contributed by atoms with Crippen molar-refractivity contribution in [2.24, 2.45) is 5.92 Å². The second kappa shape index (κ2) is 6.75. The molecular weight excluding hydrogens is 278 g/mol. The van der Waals surface area contributed by atoms with Gasteiger partial charge in [-0.25, -0.2) is 4.79 Å². The molecule has 0 radical (unpaired) electrons. The molecule has 2 amide bonds. The minimum atomic E-state index is -0.918. The van der Waals surface area contributed by atoms with Gasteiger partial charge in [0, 0.05) is 24.7 Å². The van der Waals surface area contributed by atoms with Gasteiger partial charge in [-0.05, 0) is 24.5 Å². The van der Waals surface area contributed by atoms with E-state index in [1.807, 2.05) is 44.2 Å². The van der Waals surface area contributed by atoms with Crippen molar-refractivity contribution < 1.29 is 9.90 Å². The van der Waals surface area contributed by atoms with Crippen LogP contribution in [0.25, 0.3) is 10.9 Å². The van der Waals surface area contributed by atoms with Crippen molar-refractivity contribution in [3.8, 4) is 0 Å². The molecule has 0 saturated heterocycles. The van der Waals surface area contributed by atoms with E-state index in [-0.39, 0.29) is 18.5 Å². The lowest BCUT2D eigenvalue weighted by molar-refractivity contribution is 0.0166. The van der Waals surface area contributed by atoms with E-state index in [2.05, 4.69) is 15.6 Å². The number of pyridine rings is 1. The van der Waals surface area contributed by atoms with Crippen LogP contribution in [0.3, 0.4) is 0 Å². The Morgan fingerprint density at radius 1 is 1.27 bits per heavy atom. The molecule has 5 heteroatoms. The van der Waals surface area contributed by atoms with Crippen molar-refractivity contribution >= 4 is 16.9 Å². The van der Waals surface area contributed by atoms with Gasteiger partial charge in [0.15, 0.2) is 0 Å². The number of carbonyl (C=O) groups is 1. The van der Waals surface area contributed by atoms with Crippen LogP contribution in [-0.2, 0) is 6.54 Å². The van der Waals surface area contributed by atoms with Crippen molar-refractivity contribution in [1.29, 1.82) is 0 Å². The Labute approximate surface area is 130 Å². The number of carbonyl (C=O) groups excluding carboxylic acids is 1. The number of rotatable bonds is 5. The lowest BCUT2D eigenvalue weighted by atomic mass is 9.93. The standard InChI is InChI=1S/C17H23N3O2/c1-12(2)17(3,22)11-20-16(21)19-10-14-7-4-6-13-8-5-9-18-15(13)14/h4-9,12,22H,10-11H2,1-3H3,(H2,19,20,21). The fourth-order valence-corrected chi connectivity index (χ4v) is 2.01. The van der Waals surface area contributed by atoms with Gasteiger partial charge in [-0.3, -0.25) is 4.98 Å². The Morgan fingerprint density at radius 2 is 2.00 bits per heavy atom. The van der Waals surface area contributed by atoms with Crippen LogP contribution in [0, 0.1) is 5.92 Å². The Balaban J connectivity index is 1.93. The highest BCUT2D eigenvalue weighted by Gasteiger charge is 2.25. The van der Waals surface area contributed by atoms with E-state index in [4.69, 9.17) is 0 Å². The molecule has 1 heterocycles. The third-order valence-electron chi connectivity index (χ3n) is 4.01. The molecule has 0 fully saturated rings. The van der Waals surface area contributed by atoms with Gasteiger partial charge in [0.2, 0.25) is 0 Å². The first-order chi connectivity index (χ1) is 10.4. The molecule has 1 aromatic carbocycles. The van der Waals surface area contributed by atoms with Crippen molar-refractivity contribution in [1.82, 2.24) is 15.6 Å². The normalized spacial score (nSPS) is 13.9. The van der Waals surface area contributed by atoms with Crippen LogP contribution < -0.4 is 10.6 Å².